The molecule has 1 N–H and O–H groups in total. The Hall–Kier alpha value is -4.47. The van der Waals surface area contributed by atoms with Gasteiger partial charge in [0, 0.05) is 17.4 Å². The molecule has 4 rings (SSSR count). The smallest absolute Gasteiger partial charge is 0.263 e. The minimum atomic E-state index is -0.490. The average molecular weight is 464 g/mol. The van der Waals surface area contributed by atoms with Crippen molar-refractivity contribution in [3.63, 3.8) is 0 Å². The fourth-order valence-electron chi connectivity index (χ4n) is 3.32. The van der Waals surface area contributed by atoms with Gasteiger partial charge in [0.15, 0.2) is 11.5 Å². The summed E-state index contributed by atoms with van der Waals surface area (Å²) in [7, 11) is 3.05. The molecule has 0 saturated carbocycles. The van der Waals surface area contributed by atoms with E-state index < -0.39 is 17.3 Å². The molecule has 0 aliphatic rings. The van der Waals surface area contributed by atoms with Crippen LogP contribution in [0.3, 0.4) is 0 Å². The highest BCUT2D eigenvalue weighted by molar-refractivity contribution is 5.91. The van der Waals surface area contributed by atoms with Gasteiger partial charge < -0.3 is 23.9 Å². The number of methoxy groups -OCH3 is 2. The lowest BCUT2D eigenvalue weighted by Gasteiger charge is -2.10. The number of amides is 1. The number of hydrogen-bond donors (Lipinski definition) is 1. The van der Waals surface area contributed by atoms with Crippen LogP contribution in [0.15, 0.2) is 64.0 Å². The molecule has 2 aromatic heterocycles. The van der Waals surface area contributed by atoms with Crippen molar-refractivity contribution in [2.75, 3.05) is 19.5 Å². The van der Waals surface area contributed by atoms with Crippen LogP contribution in [0.1, 0.15) is 5.56 Å². The summed E-state index contributed by atoms with van der Waals surface area (Å²) in [6.07, 6.45) is 1.47. The number of aryl methyl sites for hydroxylation is 1. The van der Waals surface area contributed by atoms with Gasteiger partial charge in [0.2, 0.25) is 11.7 Å². The van der Waals surface area contributed by atoms with Crippen LogP contribution in [0.4, 0.5) is 10.1 Å². The van der Waals surface area contributed by atoms with Crippen molar-refractivity contribution in [1.82, 2.24) is 14.7 Å². The van der Waals surface area contributed by atoms with Gasteiger partial charge in [-0.2, -0.15) is 4.98 Å². The van der Waals surface area contributed by atoms with E-state index in [-0.39, 0.29) is 23.8 Å². The quantitative estimate of drug-likeness (QED) is 0.445. The minimum absolute atomic E-state index is 0.00511. The van der Waals surface area contributed by atoms with Crippen molar-refractivity contribution in [3.05, 3.63) is 76.5 Å². The molecule has 0 saturated heterocycles. The molecule has 2 heterocycles. The summed E-state index contributed by atoms with van der Waals surface area (Å²) in [6, 6.07) is 12.3. The highest BCUT2D eigenvalue weighted by Crippen LogP contribution is 2.31. The van der Waals surface area contributed by atoms with Crippen molar-refractivity contribution < 1.29 is 23.2 Å². The van der Waals surface area contributed by atoms with E-state index in [9.17, 15) is 14.0 Å². The van der Waals surface area contributed by atoms with E-state index >= 15 is 0 Å². The number of halogens is 1. The fraction of sp³-hybridized carbons (Fsp3) is 0.167. The summed E-state index contributed by atoms with van der Waals surface area (Å²) in [5.74, 6) is 0.349. The molecule has 0 spiro atoms. The van der Waals surface area contributed by atoms with Gasteiger partial charge in [0.1, 0.15) is 17.9 Å². The van der Waals surface area contributed by atoms with E-state index in [4.69, 9.17) is 14.0 Å². The van der Waals surface area contributed by atoms with Crippen molar-refractivity contribution in [2.24, 2.45) is 0 Å². The van der Waals surface area contributed by atoms with Crippen LogP contribution in [-0.4, -0.2) is 34.8 Å². The van der Waals surface area contributed by atoms with Crippen LogP contribution in [0.5, 0.6) is 11.5 Å². The number of pyridine rings is 1. The van der Waals surface area contributed by atoms with Crippen LogP contribution >= 0.6 is 0 Å². The highest BCUT2D eigenvalue weighted by Gasteiger charge is 2.17. The number of hydrogen-bond acceptors (Lipinski definition) is 7. The van der Waals surface area contributed by atoms with Crippen LogP contribution < -0.4 is 20.3 Å². The van der Waals surface area contributed by atoms with E-state index in [1.165, 1.54) is 43.2 Å². The number of ether oxygens (including phenoxy) is 2. The first kappa shape index (κ1) is 22.7. The Balaban J connectivity index is 1.57. The van der Waals surface area contributed by atoms with Crippen molar-refractivity contribution in [3.8, 4) is 34.3 Å². The zero-order valence-electron chi connectivity index (χ0n) is 18.7. The van der Waals surface area contributed by atoms with E-state index in [1.54, 1.807) is 37.3 Å². The van der Waals surface area contributed by atoms with Gasteiger partial charge in [-0.05, 0) is 55.0 Å². The average Bonchev–Trinajstić information content (AvgIpc) is 3.32. The first-order valence-corrected chi connectivity index (χ1v) is 10.2. The summed E-state index contributed by atoms with van der Waals surface area (Å²) < 4.78 is 30.5. The Labute approximate surface area is 193 Å². The Bertz CT molecular complexity index is 1410. The Morgan fingerprint density at radius 3 is 2.68 bits per heavy atom. The van der Waals surface area contributed by atoms with Crippen LogP contribution in [0.25, 0.3) is 22.8 Å². The molecule has 0 aliphatic carbocycles. The number of aromatic nitrogens is 3. The molecule has 0 bridgehead atoms. The summed E-state index contributed by atoms with van der Waals surface area (Å²) in [6.45, 7) is 1.46. The second kappa shape index (κ2) is 9.57. The second-order valence-electron chi connectivity index (χ2n) is 7.36. The van der Waals surface area contributed by atoms with Crippen LogP contribution in [-0.2, 0) is 11.3 Å². The maximum absolute atomic E-state index is 13.5. The monoisotopic (exact) mass is 464 g/mol. The number of rotatable bonds is 7. The first-order valence-electron chi connectivity index (χ1n) is 10.2. The third-order valence-electron chi connectivity index (χ3n) is 5.11. The van der Waals surface area contributed by atoms with Crippen molar-refractivity contribution in [2.45, 2.75) is 13.5 Å². The molecule has 0 fully saturated rings. The molecule has 10 heteroatoms. The zero-order chi connectivity index (χ0) is 24.2. The molecule has 34 heavy (non-hydrogen) atoms. The molecule has 1 amide bonds. The molecule has 4 aromatic rings. The van der Waals surface area contributed by atoms with Crippen LogP contribution in [0.2, 0.25) is 0 Å². The van der Waals surface area contributed by atoms with Gasteiger partial charge in [0.05, 0.1) is 14.2 Å². The predicted octanol–water partition coefficient (Wildman–Crippen LogP) is 3.67. The van der Waals surface area contributed by atoms with Gasteiger partial charge in [-0.1, -0.05) is 11.2 Å². The molecule has 0 unspecified atom stereocenters. The van der Waals surface area contributed by atoms with Crippen molar-refractivity contribution in [1.29, 1.82) is 0 Å². The maximum Gasteiger partial charge on any atom is 0.263 e. The topological polar surface area (TPSA) is 108 Å². The molecule has 0 radical (unpaired) electrons. The summed E-state index contributed by atoms with van der Waals surface area (Å²) in [4.78, 5) is 29.8. The maximum atomic E-state index is 13.5. The second-order valence-corrected chi connectivity index (χ2v) is 7.36. The summed E-state index contributed by atoms with van der Waals surface area (Å²) in [5.41, 5.74) is 1.29. The molecular weight excluding hydrogens is 443 g/mol. The lowest BCUT2D eigenvalue weighted by Crippen LogP contribution is -2.28. The third-order valence-corrected chi connectivity index (χ3v) is 5.11. The number of nitrogens with one attached hydrogen (secondary N) is 1. The number of benzene rings is 2. The lowest BCUT2D eigenvalue weighted by atomic mass is 10.2. The standard InChI is InChI=1S/C24H21FN4O5/c1-14-6-8-16(25)12-18(14)26-21(30)13-29-10-4-5-17(24(29)31)23-27-22(28-34-23)15-7-9-19(32-2)20(11-15)33-3/h4-12H,13H2,1-3H3,(H,26,30). The van der Waals surface area contributed by atoms with Gasteiger partial charge in [0.25, 0.3) is 11.4 Å². The van der Waals surface area contributed by atoms with Gasteiger partial charge in [-0.15, -0.1) is 0 Å². The van der Waals surface area contributed by atoms with Gasteiger partial charge >= 0.3 is 0 Å². The van der Waals surface area contributed by atoms with E-state index in [0.717, 1.165) is 0 Å². The fourth-order valence-corrected chi connectivity index (χ4v) is 3.32. The van der Waals surface area contributed by atoms with Gasteiger partial charge in [-0.25, -0.2) is 4.39 Å². The van der Waals surface area contributed by atoms with E-state index in [0.29, 0.717) is 28.3 Å². The number of anilines is 1. The summed E-state index contributed by atoms with van der Waals surface area (Å²) >= 11 is 0. The van der Waals surface area contributed by atoms with Crippen LogP contribution in [0, 0.1) is 12.7 Å². The number of carbonyl (C=O) groups excluding carboxylic acids is 1. The lowest BCUT2D eigenvalue weighted by molar-refractivity contribution is -0.116. The molecule has 174 valence electrons. The number of carbonyl (C=O) groups is 1. The zero-order valence-corrected chi connectivity index (χ0v) is 18.7. The molecule has 2 aromatic carbocycles. The van der Waals surface area contributed by atoms with E-state index in [2.05, 4.69) is 15.5 Å². The van der Waals surface area contributed by atoms with E-state index in [1.807, 2.05) is 0 Å². The summed E-state index contributed by atoms with van der Waals surface area (Å²) in [5, 5.41) is 6.57. The SMILES string of the molecule is COc1ccc(-c2noc(-c3cccn(CC(=O)Nc4cc(F)ccc4C)c3=O)n2)cc1OC. The Morgan fingerprint density at radius 1 is 1.12 bits per heavy atom. The molecular formula is C24H21FN4O5. The first-order chi connectivity index (χ1) is 16.4. The van der Waals surface area contributed by atoms with Gasteiger partial charge in [-0.3, -0.25) is 9.59 Å². The molecule has 0 aliphatic heterocycles. The number of nitrogens with zero attached hydrogens (tertiary/aromatic N) is 3. The highest BCUT2D eigenvalue weighted by atomic mass is 19.1. The van der Waals surface area contributed by atoms with Crippen molar-refractivity contribution >= 4 is 11.6 Å². The molecule has 0 atom stereocenters. The minimum Gasteiger partial charge on any atom is -0.493 e. The molecule has 9 nitrogen and oxygen atoms in total. The third kappa shape index (κ3) is 4.65. The Morgan fingerprint density at radius 2 is 1.91 bits per heavy atom. The predicted molar refractivity (Wildman–Crippen MR) is 122 cm³/mol. The Kier molecular flexibility index (Phi) is 6.39. The largest absolute Gasteiger partial charge is 0.493 e. The normalized spacial score (nSPS) is 10.7.